The minimum atomic E-state index is 0.0455. The summed E-state index contributed by atoms with van der Waals surface area (Å²) in [5.41, 5.74) is 10.9. The van der Waals surface area contributed by atoms with Gasteiger partial charge in [0.05, 0.1) is 0 Å². The molecule has 0 spiro atoms. The van der Waals surface area contributed by atoms with Gasteiger partial charge in [-0.3, -0.25) is 0 Å². The fourth-order valence-corrected chi connectivity index (χ4v) is 7.83. The van der Waals surface area contributed by atoms with Crippen LogP contribution < -0.4 is 0 Å². The van der Waals surface area contributed by atoms with Crippen LogP contribution in [0.25, 0.3) is 53.6 Å². The molecule has 174 valence electrons. The van der Waals surface area contributed by atoms with E-state index in [1.807, 2.05) is 11.3 Å². The van der Waals surface area contributed by atoms with Crippen molar-refractivity contribution in [3.63, 3.8) is 0 Å². The molecule has 1 unspecified atom stereocenters. The smallest absolute Gasteiger partial charge is 0.0434 e. The van der Waals surface area contributed by atoms with Crippen molar-refractivity contribution in [2.24, 2.45) is 0 Å². The Hall–Kier alpha value is -3.20. The van der Waals surface area contributed by atoms with Crippen molar-refractivity contribution in [3.8, 4) is 33.4 Å². The van der Waals surface area contributed by atoms with Crippen LogP contribution in [0.3, 0.4) is 0 Å². The zero-order valence-corrected chi connectivity index (χ0v) is 22.7. The van der Waals surface area contributed by atoms with Crippen molar-refractivity contribution in [2.45, 2.75) is 25.7 Å². The van der Waals surface area contributed by atoms with Crippen LogP contribution in [-0.2, 0) is 5.41 Å². The first-order valence-corrected chi connectivity index (χ1v) is 14.1. The van der Waals surface area contributed by atoms with Crippen LogP contribution in [-0.4, -0.2) is 0 Å². The van der Waals surface area contributed by atoms with E-state index in [-0.39, 0.29) is 5.41 Å². The molecule has 0 nitrogen and oxygen atoms in total. The lowest BCUT2D eigenvalue weighted by Gasteiger charge is -2.26. The molecule has 2 heteroatoms. The van der Waals surface area contributed by atoms with Crippen molar-refractivity contribution >= 4 is 47.4 Å². The Bertz CT molecular complexity index is 1810. The van der Waals surface area contributed by atoms with Crippen LogP contribution in [0.15, 0.2) is 108 Å². The first kappa shape index (κ1) is 22.0. The number of hydrogen-bond donors (Lipinski definition) is 0. The van der Waals surface area contributed by atoms with Gasteiger partial charge >= 0.3 is 0 Å². The van der Waals surface area contributed by atoms with Crippen molar-refractivity contribution in [1.82, 2.24) is 0 Å². The minimum absolute atomic E-state index is 0.0455. The van der Waals surface area contributed by atoms with Crippen LogP contribution >= 0.6 is 27.3 Å². The van der Waals surface area contributed by atoms with Crippen molar-refractivity contribution < 1.29 is 0 Å². The van der Waals surface area contributed by atoms with E-state index in [2.05, 4.69) is 133 Å². The summed E-state index contributed by atoms with van der Waals surface area (Å²) in [6.07, 6.45) is 1.09. The molecule has 1 heterocycles. The maximum Gasteiger partial charge on any atom is 0.0434 e. The van der Waals surface area contributed by atoms with E-state index in [1.165, 1.54) is 64.7 Å². The molecule has 0 saturated heterocycles. The molecule has 5 aromatic carbocycles. The lowest BCUT2D eigenvalue weighted by molar-refractivity contribution is 0.565. The normalized spacial score (nSPS) is 16.4. The van der Waals surface area contributed by atoms with Gasteiger partial charge in [-0.1, -0.05) is 115 Å². The van der Waals surface area contributed by atoms with Crippen molar-refractivity contribution in [2.75, 3.05) is 0 Å². The summed E-state index contributed by atoms with van der Waals surface area (Å²) < 4.78 is 3.82. The fraction of sp³-hybridized carbons (Fsp3) is 0.118. The quantitative estimate of drug-likeness (QED) is 0.208. The van der Waals surface area contributed by atoms with Gasteiger partial charge in [-0.15, -0.1) is 11.3 Å². The molecule has 0 aliphatic heterocycles. The minimum Gasteiger partial charge on any atom is -0.134 e. The zero-order chi connectivity index (χ0) is 24.4. The molecule has 1 aliphatic rings. The Morgan fingerprint density at radius 1 is 0.611 bits per heavy atom. The Kier molecular flexibility index (Phi) is 4.99. The third-order valence-electron chi connectivity index (χ3n) is 8.10. The summed E-state index contributed by atoms with van der Waals surface area (Å²) in [6, 6.07) is 38.2. The van der Waals surface area contributed by atoms with Gasteiger partial charge < -0.3 is 0 Å². The third kappa shape index (κ3) is 3.11. The molecule has 6 aromatic rings. The van der Waals surface area contributed by atoms with Gasteiger partial charge in [0.2, 0.25) is 0 Å². The van der Waals surface area contributed by atoms with Gasteiger partial charge in [-0.05, 0) is 69.1 Å². The number of fused-ring (bicyclic) bond motifs is 6. The molecule has 1 atom stereocenters. The highest BCUT2D eigenvalue weighted by Crippen LogP contribution is 2.52. The number of thiophene rings is 1. The second kappa shape index (κ2) is 8.16. The van der Waals surface area contributed by atoms with E-state index in [4.69, 9.17) is 0 Å². The lowest BCUT2D eigenvalue weighted by Crippen LogP contribution is -2.19. The summed E-state index contributed by atoms with van der Waals surface area (Å²) >= 11 is 5.58. The van der Waals surface area contributed by atoms with E-state index >= 15 is 0 Å². The average molecular weight is 546 g/mol. The maximum absolute atomic E-state index is 3.65. The predicted molar refractivity (Wildman–Crippen MR) is 160 cm³/mol. The SMILES string of the molecule is CCC1(C)c2ccccc2-c2ccc(-c3cccc4c3sc3c(-c5cccc(Br)c5)cccc34)cc21. The van der Waals surface area contributed by atoms with E-state index < -0.39 is 0 Å². The molecule has 0 saturated carbocycles. The molecule has 36 heavy (non-hydrogen) atoms. The molecular formula is C34H25BrS. The molecule has 0 bridgehead atoms. The van der Waals surface area contributed by atoms with Gasteiger partial charge in [-0.25, -0.2) is 0 Å². The molecular weight excluding hydrogens is 520 g/mol. The number of rotatable bonds is 3. The molecule has 0 radical (unpaired) electrons. The summed E-state index contributed by atoms with van der Waals surface area (Å²) in [5.74, 6) is 0. The zero-order valence-electron chi connectivity index (χ0n) is 20.3. The van der Waals surface area contributed by atoms with Crippen LogP contribution in [0.2, 0.25) is 0 Å². The van der Waals surface area contributed by atoms with E-state index in [9.17, 15) is 0 Å². The van der Waals surface area contributed by atoms with E-state index in [0.717, 1.165) is 10.9 Å². The lowest BCUT2D eigenvalue weighted by atomic mass is 9.77. The summed E-state index contributed by atoms with van der Waals surface area (Å²) in [5, 5.41) is 2.67. The van der Waals surface area contributed by atoms with Gasteiger partial charge in [-0.2, -0.15) is 0 Å². The van der Waals surface area contributed by atoms with Crippen molar-refractivity contribution in [3.05, 3.63) is 119 Å². The standard InChI is InChI=1S/C34H25BrS/c1-3-34(2)30-16-5-4-11-26(30)27-18-17-22(20-31(27)34)25-13-8-15-29-28-14-7-12-24(32(28)36-33(25)29)21-9-6-10-23(35)19-21/h4-20H,3H2,1-2H3. The van der Waals surface area contributed by atoms with Crippen LogP contribution in [0.5, 0.6) is 0 Å². The number of hydrogen-bond acceptors (Lipinski definition) is 1. The predicted octanol–water partition coefficient (Wildman–Crippen LogP) is 10.8. The van der Waals surface area contributed by atoms with Gasteiger partial charge in [0.25, 0.3) is 0 Å². The van der Waals surface area contributed by atoms with Gasteiger partial charge in [0, 0.05) is 30.1 Å². The number of halogens is 1. The monoisotopic (exact) mass is 544 g/mol. The van der Waals surface area contributed by atoms with Crippen LogP contribution in [0, 0.1) is 0 Å². The van der Waals surface area contributed by atoms with E-state index in [0.29, 0.717) is 0 Å². The molecule has 1 aliphatic carbocycles. The summed E-state index contributed by atoms with van der Waals surface area (Å²) in [7, 11) is 0. The highest BCUT2D eigenvalue weighted by molar-refractivity contribution is 9.10. The Morgan fingerprint density at radius 3 is 1.92 bits per heavy atom. The number of benzene rings is 5. The largest absolute Gasteiger partial charge is 0.134 e. The Morgan fingerprint density at radius 2 is 1.22 bits per heavy atom. The Balaban J connectivity index is 1.45. The first-order valence-electron chi connectivity index (χ1n) is 12.5. The topological polar surface area (TPSA) is 0 Å². The summed E-state index contributed by atoms with van der Waals surface area (Å²) in [4.78, 5) is 0. The molecule has 0 fully saturated rings. The first-order chi connectivity index (χ1) is 17.6. The second-order valence-electron chi connectivity index (χ2n) is 9.97. The molecule has 7 rings (SSSR count). The third-order valence-corrected chi connectivity index (χ3v) is 9.88. The highest BCUT2D eigenvalue weighted by Gasteiger charge is 2.37. The van der Waals surface area contributed by atoms with Gasteiger partial charge in [0.1, 0.15) is 0 Å². The van der Waals surface area contributed by atoms with E-state index in [1.54, 1.807) is 0 Å². The van der Waals surface area contributed by atoms with Gasteiger partial charge in [0.15, 0.2) is 0 Å². The van der Waals surface area contributed by atoms with Crippen LogP contribution in [0.4, 0.5) is 0 Å². The molecule has 1 aromatic heterocycles. The summed E-state index contributed by atoms with van der Waals surface area (Å²) in [6.45, 7) is 4.72. The average Bonchev–Trinajstić information content (AvgIpc) is 3.42. The van der Waals surface area contributed by atoms with Crippen LogP contribution in [0.1, 0.15) is 31.4 Å². The van der Waals surface area contributed by atoms with Crippen molar-refractivity contribution in [1.29, 1.82) is 0 Å². The second-order valence-corrected chi connectivity index (χ2v) is 11.9. The highest BCUT2D eigenvalue weighted by atomic mass is 79.9. The molecule has 0 amide bonds. The fourth-order valence-electron chi connectivity index (χ4n) is 6.06. The Labute approximate surface area is 224 Å². The molecule has 0 N–H and O–H groups in total. The maximum atomic E-state index is 3.65.